The Hall–Kier alpha value is -1.99. The lowest BCUT2D eigenvalue weighted by Crippen LogP contribution is -2.49. The quantitative estimate of drug-likeness (QED) is 0.670. The van der Waals surface area contributed by atoms with Crippen LogP contribution in [0.15, 0.2) is 23.1 Å². The minimum atomic E-state index is -1.09. The Kier molecular flexibility index (Phi) is 6.10. The number of hydrogen-bond acceptors (Lipinski definition) is 6. The highest BCUT2D eigenvalue weighted by molar-refractivity contribution is 7.85. The first-order valence-electron chi connectivity index (χ1n) is 13.2. The van der Waals surface area contributed by atoms with E-state index in [2.05, 4.69) is 28.4 Å². The van der Waals surface area contributed by atoms with Gasteiger partial charge in [0.1, 0.15) is 10.7 Å². The van der Waals surface area contributed by atoms with Crippen LogP contribution in [0.4, 0.5) is 11.8 Å². The van der Waals surface area contributed by atoms with Crippen LogP contribution in [0.25, 0.3) is 0 Å². The summed E-state index contributed by atoms with van der Waals surface area (Å²) in [6.45, 7) is 1.96. The molecule has 0 amide bonds. The van der Waals surface area contributed by atoms with Crippen LogP contribution in [0.5, 0.6) is 0 Å². The Morgan fingerprint density at radius 3 is 2.62 bits per heavy atom. The van der Waals surface area contributed by atoms with Gasteiger partial charge in [0.15, 0.2) is 0 Å². The van der Waals surface area contributed by atoms with Crippen molar-refractivity contribution in [3.8, 4) is 0 Å². The van der Waals surface area contributed by atoms with Crippen molar-refractivity contribution in [2.24, 2.45) is 0 Å². The van der Waals surface area contributed by atoms with E-state index in [1.165, 1.54) is 24.8 Å². The molecule has 6 nitrogen and oxygen atoms in total. The summed E-state index contributed by atoms with van der Waals surface area (Å²) in [4.78, 5) is 13.0. The highest BCUT2D eigenvalue weighted by Crippen LogP contribution is 2.39. The molecule has 1 saturated carbocycles. The van der Waals surface area contributed by atoms with Gasteiger partial charge in [0.25, 0.3) is 0 Å². The SMILES string of the molecule is O=[S@]1CCCCc2nc(N3CCC(c4ccc5c(c4)CCC5)CC3)nc(NC3(CO)CCC3)c21. The lowest BCUT2D eigenvalue weighted by atomic mass is 9.77. The highest BCUT2D eigenvalue weighted by Gasteiger charge is 2.38. The molecule has 7 heteroatoms. The molecule has 1 saturated heterocycles. The molecule has 1 aromatic carbocycles. The van der Waals surface area contributed by atoms with Crippen LogP contribution in [-0.4, -0.2) is 50.3 Å². The molecule has 1 aromatic heterocycles. The molecule has 0 unspecified atom stereocenters. The number of aryl methyl sites for hydroxylation is 3. The number of rotatable bonds is 5. The van der Waals surface area contributed by atoms with E-state index in [0.717, 1.165) is 81.0 Å². The molecule has 1 atom stereocenters. The van der Waals surface area contributed by atoms with Gasteiger partial charge in [-0.15, -0.1) is 0 Å². The van der Waals surface area contributed by atoms with Gasteiger partial charge >= 0.3 is 0 Å². The molecule has 3 heterocycles. The van der Waals surface area contributed by atoms with E-state index in [9.17, 15) is 9.32 Å². The van der Waals surface area contributed by atoms with Gasteiger partial charge in [-0.3, -0.25) is 4.21 Å². The van der Waals surface area contributed by atoms with Crippen molar-refractivity contribution in [2.75, 3.05) is 35.7 Å². The van der Waals surface area contributed by atoms with Crippen LogP contribution in [0.1, 0.15) is 79.7 Å². The van der Waals surface area contributed by atoms with E-state index in [1.54, 1.807) is 11.1 Å². The maximum absolute atomic E-state index is 13.1. The Morgan fingerprint density at radius 2 is 1.85 bits per heavy atom. The zero-order valence-electron chi connectivity index (χ0n) is 20.0. The first kappa shape index (κ1) is 22.5. The average molecular weight is 481 g/mol. The van der Waals surface area contributed by atoms with Crippen LogP contribution in [-0.2, 0) is 30.1 Å². The van der Waals surface area contributed by atoms with E-state index >= 15 is 0 Å². The number of piperidine rings is 1. The minimum Gasteiger partial charge on any atom is -0.394 e. The molecule has 2 N–H and O–H groups in total. The molecule has 2 aliphatic heterocycles. The summed E-state index contributed by atoms with van der Waals surface area (Å²) < 4.78 is 13.1. The van der Waals surface area contributed by atoms with Gasteiger partial charge in [0.05, 0.1) is 28.6 Å². The van der Waals surface area contributed by atoms with Crippen molar-refractivity contribution in [1.29, 1.82) is 0 Å². The Bertz CT molecular complexity index is 1090. The van der Waals surface area contributed by atoms with E-state index in [1.807, 2.05) is 0 Å². The van der Waals surface area contributed by atoms with Crippen LogP contribution in [0.3, 0.4) is 0 Å². The number of aliphatic hydroxyl groups is 1. The van der Waals surface area contributed by atoms with Gasteiger partial charge in [-0.1, -0.05) is 18.2 Å². The molecular weight excluding hydrogens is 444 g/mol. The van der Waals surface area contributed by atoms with Gasteiger partial charge in [-0.05, 0) is 93.2 Å². The topological polar surface area (TPSA) is 78.4 Å². The lowest BCUT2D eigenvalue weighted by Gasteiger charge is -2.42. The number of nitrogens with one attached hydrogen (secondary N) is 1. The number of anilines is 2. The largest absolute Gasteiger partial charge is 0.394 e. The maximum atomic E-state index is 13.1. The van der Waals surface area contributed by atoms with Crippen LogP contribution >= 0.6 is 0 Å². The van der Waals surface area contributed by atoms with Crippen molar-refractivity contribution < 1.29 is 9.32 Å². The average Bonchev–Trinajstić information content (AvgIpc) is 3.23. The summed E-state index contributed by atoms with van der Waals surface area (Å²) >= 11 is 0. The van der Waals surface area contributed by atoms with Crippen LogP contribution in [0, 0.1) is 0 Å². The molecule has 2 aliphatic carbocycles. The van der Waals surface area contributed by atoms with E-state index in [0.29, 0.717) is 17.5 Å². The van der Waals surface area contributed by atoms with E-state index in [-0.39, 0.29) is 12.1 Å². The van der Waals surface area contributed by atoms with Gasteiger partial charge in [0, 0.05) is 18.8 Å². The summed E-state index contributed by atoms with van der Waals surface area (Å²) in [7, 11) is -1.09. The van der Waals surface area contributed by atoms with Crippen LogP contribution < -0.4 is 10.2 Å². The van der Waals surface area contributed by atoms with E-state index < -0.39 is 10.8 Å². The zero-order valence-corrected chi connectivity index (χ0v) is 20.8. The number of aliphatic hydroxyl groups excluding tert-OH is 1. The van der Waals surface area contributed by atoms with Gasteiger partial charge < -0.3 is 15.3 Å². The summed E-state index contributed by atoms with van der Waals surface area (Å²) in [6.07, 6.45) is 11.8. The summed E-state index contributed by atoms with van der Waals surface area (Å²) in [6, 6.07) is 7.18. The summed E-state index contributed by atoms with van der Waals surface area (Å²) in [5.74, 6) is 2.73. The fourth-order valence-electron chi connectivity index (χ4n) is 6.18. The number of benzene rings is 1. The van der Waals surface area contributed by atoms with Crippen molar-refractivity contribution in [3.63, 3.8) is 0 Å². The second kappa shape index (κ2) is 9.23. The van der Waals surface area contributed by atoms with Gasteiger partial charge in [-0.25, -0.2) is 4.98 Å². The predicted octanol–water partition coefficient (Wildman–Crippen LogP) is 4.12. The number of nitrogens with zero attached hydrogens (tertiary/aromatic N) is 3. The van der Waals surface area contributed by atoms with Crippen LogP contribution in [0.2, 0.25) is 0 Å². The summed E-state index contributed by atoms with van der Waals surface area (Å²) in [5.41, 5.74) is 5.22. The minimum absolute atomic E-state index is 0.0833. The smallest absolute Gasteiger partial charge is 0.227 e. The molecule has 182 valence electrons. The Balaban J connectivity index is 1.25. The summed E-state index contributed by atoms with van der Waals surface area (Å²) in [5, 5.41) is 13.6. The van der Waals surface area contributed by atoms with Crippen molar-refractivity contribution in [2.45, 2.75) is 87.0 Å². The van der Waals surface area contributed by atoms with Crippen molar-refractivity contribution >= 4 is 22.6 Å². The molecule has 0 bridgehead atoms. The predicted molar refractivity (Wildman–Crippen MR) is 136 cm³/mol. The van der Waals surface area contributed by atoms with E-state index in [4.69, 9.17) is 9.97 Å². The highest BCUT2D eigenvalue weighted by atomic mass is 32.2. The molecule has 34 heavy (non-hydrogen) atoms. The second-order valence-electron chi connectivity index (χ2n) is 10.7. The van der Waals surface area contributed by atoms with Crippen molar-refractivity contribution in [1.82, 2.24) is 9.97 Å². The molecule has 0 spiro atoms. The Morgan fingerprint density at radius 1 is 1.03 bits per heavy atom. The zero-order chi connectivity index (χ0) is 23.1. The number of aromatic nitrogens is 2. The third kappa shape index (κ3) is 4.15. The molecule has 6 rings (SSSR count). The third-order valence-electron chi connectivity index (χ3n) is 8.51. The van der Waals surface area contributed by atoms with Gasteiger partial charge in [-0.2, -0.15) is 4.98 Å². The lowest BCUT2D eigenvalue weighted by molar-refractivity contribution is 0.143. The molecule has 2 fully saturated rings. The molecular formula is C27H36N4O2S. The first-order chi connectivity index (χ1) is 16.6. The normalized spacial score (nSPS) is 24.1. The first-order valence-corrected chi connectivity index (χ1v) is 14.5. The monoisotopic (exact) mass is 480 g/mol. The number of fused-ring (bicyclic) bond motifs is 2. The fraction of sp³-hybridized carbons (Fsp3) is 0.630. The number of hydrogen-bond donors (Lipinski definition) is 2. The fourth-order valence-corrected chi connectivity index (χ4v) is 7.58. The second-order valence-corrected chi connectivity index (χ2v) is 12.2. The maximum Gasteiger partial charge on any atom is 0.227 e. The Labute approximate surface area is 205 Å². The molecule has 0 radical (unpaired) electrons. The standard InChI is InChI=1S/C27H36N4O2S/c32-18-27(12-4-13-27)30-25-24-23(7-1-2-16-34(24)33)28-26(29-25)31-14-10-20(11-15-31)22-9-8-19-5-3-6-21(19)17-22/h8-9,17,20,32H,1-7,10-16,18H2,(H,28,29,30)/t34-/m0/s1. The van der Waals surface area contributed by atoms with Gasteiger partial charge in [0.2, 0.25) is 5.95 Å². The van der Waals surface area contributed by atoms with Crippen molar-refractivity contribution in [3.05, 3.63) is 40.6 Å². The third-order valence-corrected chi connectivity index (χ3v) is 10.1. The molecule has 4 aliphatic rings. The molecule has 2 aromatic rings.